The zero-order valence-corrected chi connectivity index (χ0v) is 20.5. The molecule has 3 aromatic heterocycles. The molecule has 0 atom stereocenters. The zero-order valence-electron chi connectivity index (χ0n) is 20.5. The number of aromatic nitrogens is 7. The van der Waals surface area contributed by atoms with Crippen LogP contribution in [-0.2, 0) is 5.41 Å². The molecule has 39 heavy (non-hydrogen) atoms. The highest BCUT2D eigenvalue weighted by Gasteiger charge is 2.28. The molecule has 0 spiro atoms. The minimum Gasteiger partial charge on any atom is -0.479 e. The Balaban J connectivity index is 1.90. The summed E-state index contributed by atoms with van der Waals surface area (Å²) in [5.41, 5.74) is 5.20. The second-order valence-electron chi connectivity index (χ2n) is 8.96. The van der Waals surface area contributed by atoms with Crippen LogP contribution in [0.5, 0.6) is 12.0 Å². The lowest BCUT2D eigenvalue weighted by Gasteiger charge is -2.15. The Hall–Kier alpha value is -5.92. The fourth-order valence-corrected chi connectivity index (χ4v) is 3.40. The van der Waals surface area contributed by atoms with Gasteiger partial charge in [0.15, 0.2) is 17.3 Å². The van der Waals surface area contributed by atoms with Gasteiger partial charge < -0.3 is 26.2 Å². The molecule has 0 aliphatic carbocycles. The molecule has 0 bridgehead atoms. The topological polar surface area (TPSA) is 264 Å². The highest BCUT2D eigenvalue weighted by molar-refractivity contribution is 5.94. The quantitative estimate of drug-likeness (QED) is 0.223. The zero-order chi connectivity index (χ0) is 28.6. The molecule has 0 aliphatic heterocycles. The fourth-order valence-electron chi connectivity index (χ4n) is 3.40. The number of anilines is 1. The van der Waals surface area contributed by atoms with Crippen LogP contribution in [0.1, 0.15) is 52.7 Å². The first-order chi connectivity index (χ1) is 18.3. The maximum atomic E-state index is 11.6. The number of carboxylic acids is 2. The van der Waals surface area contributed by atoms with Gasteiger partial charge in [0.2, 0.25) is 0 Å². The lowest BCUT2D eigenvalue weighted by atomic mass is 9.91. The van der Waals surface area contributed by atoms with Gasteiger partial charge in [-0.3, -0.25) is 0 Å². The summed E-state index contributed by atoms with van der Waals surface area (Å²) in [4.78, 5) is 33.8. The van der Waals surface area contributed by atoms with Gasteiger partial charge in [-0.2, -0.15) is 30.1 Å². The van der Waals surface area contributed by atoms with Gasteiger partial charge >= 0.3 is 24.0 Å². The fraction of sp³-hybridized carbons (Fsp3) is 0.182. The molecule has 0 radical (unpaired) electrons. The molecule has 198 valence electrons. The van der Waals surface area contributed by atoms with E-state index in [1.54, 1.807) is 20.8 Å². The molecule has 0 fully saturated rings. The van der Waals surface area contributed by atoms with Crippen LogP contribution in [0.3, 0.4) is 0 Å². The number of nitrogens with zero attached hydrogens (tertiary/aromatic N) is 10. The number of aromatic hydroxyl groups is 2. The van der Waals surface area contributed by atoms with Gasteiger partial charge in [-0.25, -0.2) is 14.3 Å². The molecule has 0 amide bonds. The second-order valence-corrected chi connectivity index (χ2v) is 8.96. The lowest BCUT2D eigenvalue weighted by Crippen LogP contribution is -2.13. The molecule has 0 saturated heterocycles. The standard InChI is InChI=1S/C22H19N11O6/c1-22(2,3)14-13(15(24)33(31-14)19-26-20(38)28-21(39)27-19)29-30-16-11(7-23)8-25-32(16)12-5-9(17(34)35)4-10(6-12)18(36)37/h4-6,8H,24H2,1-3H3,(H,34,35)(H,36,37)(H2,26,27,28,38,39)/b30-29+. The van der Waals surface area contributed by atoms with Gasteiger partial charge in [0, 0.05) is 5.41 Å². The van der Waals surface area contributed by atoms with E-state index in [2.05, 4.69) is 35.4 Å². The van der Waals surface area contributed by atoms with Crippen LogP contribution in [0.4, 0.5) is 17.3 Å². The van der Waals surface area contributed by atoms with E-state index in [1.165, 1.54) is 0 Å². The van der Waals surface area contributed by atoms with Crippen LogP contribution in [0, 0.1) is 11.3 Å². The Labute approximate surface area is 218 Å². The third-order valence-corrected chi connectivity index (χ3v) is 5.16. The molecule has 0 saturated carbocycles. The third-order valence-electron chi connectivity index (χ3n) is 5.16. The lowest BCUT2D eigenvalue weighted by molar-refractivity contribution is 0.0696. The molecule has 6 N–H and O–H groups in total. The van der Waals surface area contributed by atoms with E-state index >= 15 is 0 Å². The monoisotopic (exact) mass is 533 g/mol. The van der Waals surface area contributed by atoms with Crippen molar-refractivity contribution in [3.63, 3.8) is 0 Å². The molecule has 0 unspecified atom stereocenters. The summed E-state index contributed by atoms with van der Waals surface area (Å²) in [5.74, 6) is -3.35. The molecule has 3 heterocycles. The predicted octanol–water partition coefficient (Wildman–Crippen LogP) is 2.22. The van der Waals surface area contributed by atoms with Crippen molar-refractivity contribution < 1.29 is 30.0 Å². The van der Waals surface area contributed by atoms with E-state index < -0.39 is 29.4 Å². The van der Waals surface area contributed by atoms with Crippen molar-refractivity contribution in [2.24, 2.45) is 10.2 Å². The number of benzene rings is 1. The van der Waals surface area contributed by atoms with Gasteiger partial charge in [-0.05, 0) is 18.2 Å². The number of aromatic carboxylic acids is 2. The maximum absolute atomic E-state index is 11.6. The Kier molecular flexibility index (Phi) is 6.38. The minimum absolute atomic E-state index is 0.00130. The van der Waals surface area contributed by atoms with Crippen molar-refractivity contribution in [3.8, 4) is 29.7 Å². The van der Waals surface area contributed by atoms with Crippen LogP contribution in [0.2, 0.25) is 0 Å². The summed E-state index contributed by atoms with van der Waals surface area (Å²) in [6.07, 6.45) is 1.15. The smallest absolute Gasteiger partial charge is 0.335 e. The van der Waals surface area contributed by atoms with Gasteiger partial charge in [-0.1, -0.05) is 20.8 Å². The molecule has 4 aromatic rings. The number of nitrogen functional groups attached to an aromatic ring is 1. The maximum Gasteiger partial charge on any atom is 0.335 e. The Bertz CT molecular complexity index is 1660. The number of azo groups is 1. The number of hydrogen-bond donors (Lipinski definition) is 5. The predicted molar refractivity (Wildman–Crippen MR) is 130 cm³/mol. The SMILES string of the molecule is CC(C)(C)c1nn(-c2nc(O)nc(O)n2)c(N)c1/N=N/c1c(C#N)cnn1-c1cc(C(=O)O)cc(C(=O)O)c1. The van der Waals surface area contributed by atoms with E-state index in [4.69, 9.17) is 5.73 Å². The minimum atomic E-state index is -1.37. The van der Waals surface area contributed by atoms with Crippen molar-refractivity contribution >= 4 is 29.3 Å². The van der Waals surface area contributed by atoms with E-state index in [0.29, 0.717) is 5.69 Å². The molecule has 4 rings (SSSR count). The van der Waals surface area contributed by atoms with Crippen molar-refractivity contribution in [1.29, 1.82) is 5.26 Å². The molecule has 0 aliphatic rings. The van der Waals surface area contributed by atoms with Crippen LogP contribution >= 0.6 is 0 Å². The average molecular weight is 533 g/mol. The Morgan fingerprint density at radius 3 is 2.08 bits per heavy atom. The number of nitriles is 1. The van der Waals surface area contributed by atoms with Crippen LogP contribution in [0.15, 0.2) is 34.6 Å². The van der Waals surface area contributed by atoms with E-state index in [1.807, 2.05) is 6.07 Å². The van der Waals surface area contributed by atoms with E-state index in [9.17, 15) is 35.3 Å². The third kappa shape index (κ3) is 5.01. The van der Waals surface area contributed by atoms with Gasteiger partial charge in [-0.15, -0.1) is 15.2 Å². The highest BCUT2D eigenvalue weighted by atomic mass is 16.4. The summed E-state index contributed by atoms with van der Waals surface area (Å²) < 4.78 is 2.06. The summed E-state index contributed by atoms with van der Waals surface area (Å²) in [6.45, 7) is 5.41. The molecule has 17 nitrogen and oxygen atoms in total. The number of nitrogens with two attached hydrogens (primary N) is 1. The van der Waals surface area contributed by atoms with Crippen LogP contribution in [0.25, 0.3) is 11.6 Å². The average Bonchev–Trinajstić information content (AvgIpc) is 3.42. The second kappa shape index (κ2) is 9.51. The van der Waals surface area contributed by atoms with Gasteiger partial charge in [0.05, 0.1) is 28.7 Å². The summed E-state index contributed by atoms with van der Waals surface area (Å²) in [6, 6.07) is 3.64. The first-order valence-corrected chi connectivity index (χ1v) is 10.9. The van der Waals surface area contributed by atoms with Crippen LogP contribution < -0.4 is 5.73 Å². The number of hydrogen-bond acceptors (Lipinski definition) is 13. The highest BCUT2D eigenvalue weighted by Crippen LogP contribution is 2.38. The van der Waals surface area contributed by atoms with Gasteiger partial charge in [0.25, 0.3) is 5.95 Å². The first kappa shape index (κ1) is 26.2. The first-order valence-electron chi connectivity index (χ1n) is 10.9. The number of rotatable bonds is 6. The van der Waals surface area contributed by atoms with Gasteiger partial charge in [0.1, 0.15) is 11.6 Å². The van der Waals surface area contributed by atoms with Crippen molar-refractivity contribution in [3.05, 3.63) is 46.8 Å². The van der Waals surface area contributed by atoms with Crippen LogP contribution in [-0.4, -0.2) is 66.9 Å². The number of carbonyl (C=O) groups is 2. The molecule has 1 aromatic carbocycles. The van der Waals surface area contributed by atoms with Crippen molar-refractivity contribution in [1.82, 2.24) is 34.5 Å². The normalized spacial score (nSPS) is 11.5. The summed E-state index contributed by atoms with van der Waals surface area (Å²) in [7, 11) is 0. The number of carboxylic acid groups (broad SMARTS) is 2. The largest absolute Gasteiger partial charge is 0.479 e. The molecular formula is C22H19N11O6. The Morgan fingerprint density at radius 1 is 0.974 bits per heavy atom. The summed E-state index contributed by atoms with van der Waals surface area (Å²) >= 11 is 0. The molecule has 17 heteroatoms. The Morgan fingerprint density at radius 2 is 1.56 bits per heavy atom. The van der Waals surface area contributed by atoms with E-state index in [-0.39, 0.29) is 45.6 Å². The van der Waals surface area contributed by atoms with Crippen molar-refractivity contribution in [2.45, 2.75) is 26.2 Å². The molecular weight excluding hydrogens is 514 g/mol. The van der Waals surface area contributed by atoms with Crippen molar-refractivity contribution in [2.75, 3.05) is 5.73 Å². The summed E-state index contributed by atoms with van der Waals surface area (Å²) in [5, 5.41) is 64.5. The van der Waals surface area contributed by atoms with E-state index in [0.717, 1.165) is 33.8 Å².